The highest BCUT2D eigenvalue weighted by atomic mass is 32.2. The summed E-state index contributed by atoms with van der Waals surface area (Å²) in [5.41, 5.74) is 0.688. The highest BCUT2D eigenvalue weighted by Crippen LogP contribution is 2.31. The number of nitrogens with zero attached hydrogens (tertiary/aromatic N) is 4. The predicted molar refractivity (Wildman–Crippen MR) is 113 cm³/mol. The lowest BCUT2D eigenvalue weighted by atomic mass is 10.0. The van der Waals surface area contributed by atoms with Crippen LogP contribution in [0.4, 0.5) is 15.0 Å². The zero-order valence-electron chi connectivity index (χ0n) is 17.5. The number of aromatic nitrogens is 3. The molecule has 1 aromatic heterocycles. The van der Waals surface area contributed by atoms with E-state index in [1.807, 2.05) is 0 Å². The van der Waals surface area contributed by atoms with Gasteiger partial charge in [-0.05, 0) is 42.4 Å². The molecule has 2 heterocycles. The molecule has 0 unspecified atom stereocenters. The van der Waals surface area contributed by atoms with Gasteiger partial charge in [0.25, 0.3) is 0 Å². The zero-order valence-corrected chi connectivity index (χ0v) is 18.3. The van der Waals surface area contributed by atoms with E-state index in [2.05, 4.69) is 15.6 Å². The SMILES string of the molecule is C[C@@H](CS(=O)(=O)CCn1cc(N2CC(=O)NC2=O)nn1)c1ccc(F)c(OCC2CC2)c1. The molecule has 1 N–H and O–H groups in total. The van der Waals surface area contributed by atoms with Crippen molar-refractivity contribution in [3.63, 3.8) is 0 Å². The first-order chi connectivity index (χ1) is 15.2. The van der Waals surface area contributed by atoms with Crippen LogP contribution in [0.25, 0.3) is 0 Å². The van der Waals surface area contributed by atoms with Crippen molar-refractivity contribution in [3.05, 3.63) is 35.8 Å². The Kier molecular flexibility index (Phi) is 6.13. The Hall–Kier alpha value is -3.02. The summed E-state index contributed by atoms with van der Waals surface area (Å²) in [6.45, 7) is 2.13. The first-order valence-corrected chi connectivity index (χ1v) is 12.2. The molecule has 1 saturated heterocycles. The summed E-state index contributed by atoms with van der Waals surface area (Å²) < 4.78 is 46.1. The molecule has 172 valence electrons. The number of benzene rings is 1. The fourth-order valence-electron chi connectivity index (χ4n) is 3.37. The van der Waals surface area contributed by atoms with E-state index in [9.17, 15) is 22.4 Å². The first-order valence-electron chi connectivity index (χ1n) is 10.3. The second-order valence-corrected chi connectivity index (χ2v) is 10.5. The van der Waals surface area contributed by atoms with E-state index in [4.69, 9.17) is 4.74 Å². The normalized spacial score (nSPS) is 17.5. The van der Waals surface area contributed by atoms with Crippen LogP contribution >= 0.6 is 0 Å². The molecule has 2 fully saturated rings. The van der Waals surface area contributed by atoms with Crippen molar-refractivity contribution in [2.45, 2.75) is 32.2 Å². The van der Waals surface area contributed by atoms with Gasteiger partial charge in [0.05, 0.1) is 30.9 Å². The lowest BCUT2D eigenvalue weighted by Crippen LogP contribution is -2.28. The van der Waals surface area contributed by atoms with Crippen LogP contribution in [0.15, 0.2) is 24.4 Å². The van der Waals surface area contributed by atoms with Crippen LogP contribution in [-0.2, 0) is 21.2 Å². The molecule has 0 bridgehead atoms. The summed E-state index contributed by atoms with van der Waals surface area (Å²) >= 11 is 0. The number of imide groups is 1. The maximum absolute atomic E-state index is 14.0. The van der Waals surface area contributed by atoms with Crippen LogP contribution in [-0.4, -0.2) is 60.0 Å². The van der Waals surface area contributed by atoms with Gasteiger partial charge in [0.15, 0.2) is 27.2 Å². The molecule has 0 radical (unpaired) electrons. The number of rotatable bonds is 10. The van der Waals surface area contributed by atoms with Gasteiger partial charge in [-0.25, -0.2) is 22.3 Å². The second kappa shape index (κ2) is 8.85. The molecular weight excluding hydrogens is 441 g/mol. The summed E-state index contributed by atoms with van der Waals surface area (Å²) in [5, 5.41) is 9.79. The number of nitrogens with one attached hydrogen (secondary N) is 1. The lowest BCUT2D eigenvalue weighted by Gasteiger charge is -2.15. The van der Waals surface area contributed by atoms with Crippen molar-refractivity contribution in [3.8, 4) is 5.75 Å². The van der Waals surface area contributed by atoms with E-state index in [1.165, 1.54) is 16.9 Å². The molecular formula is C20H24FN5O5S. The number of carbonyl (C=O) groups excluding carboxylic acids is 2. The van der Waals surface area contributed by atoms with Gasteiger partial charge in [-0.1, -0.05) is 18.2 Å². The Morgan fingerprint density at radius 2 is 2.09 bits per heavy atom. The van der Waals surface area contributed by atoms with E-state index >= 15 is 0 Å². The third-order valence-electron chi connectivity index (χ3n) is 5.43. The molecule has 12 heteroatoms. The van der Waals surface area contributed by atoms with Crippen molar-refractivity contribution in [2.24, 2.45) is 5.92 Å². The molecule has 10 nitrogen and oxygen atoms in total. The largest absolute Gasteiger partial charge is 0.490 e. The summed E-state index contributed by atoms with van der Waals surface area (Å²) in [5.74, 6) is -0.754. The fraction of sp³-hybridized carbons (Fsp3) is 0.500. The van der Waals surface area contributed by atoms with Crippen LogP contribution in [0.5, 0.6) is 5.75 Å². The number of aryl methyl sites for hydroxylation is 1. The second-order valence-electron chi connectivity index (χ2n) is 8.24. The van der Waals surface area contributed by atoms with Crippen molar-refractivity contribution in [1.29, 1.82) is 0 Å². The summed E-state index contributed by atoms with van der Waals surface area (Å²) in [6, 6.07) is 3.86. The third-order valence-corrected chi connectivity index (χ3v) is 7.24. The number of halogens is 1. The molecule has 2 aromatic rings. The van der Waals surface area contributed by atoms with E-state index in [-0.39, 0.29) is 42.1 Å². The number of urea groups is 1. The standard InChI is InChI=1S/C20H24FN5O5S/c1-13(15-4-5-16(21)17(8-15)31-11-14-2-3-14)12-32(29,30)7-6-25-9-18(23-24-25)26-10-19(27)22-20(26)28/h4-5,8-9,13-14H,2-3,6-7,10-12H2,1H3,(H,22,27,28)/t13-/m0/s1. The van der Waals surface area contributed by atoms with Crippen LogP contribution in [0, 0.1) is 11.7 Å². The molecule has 1 aliphatic carbocycles. The molecule has 1 atom stereocenters. The molecule has 1 aliphatic heterocycles. The van der Waals surface area contributed by atoms with Gasteiger partial charge < -0.3 is 4.74 Å². The number of ether oxygens (including phenoxy) is 1. The molecule has 4 rings (SSSR count). The molecule has 2 aliphatic rings. The van der Waals surface area contributed by atoms with Crippen LogP contribution in [0.3, 0.4) is 0 Å². The number of anilines is 1. The quantitative estimate of drug-likeness (QED) is 0.527. The minimum Gasteiger partial charge on any atom is -0.490 e. The van der Waals surface area contributed by atoms with Crippen LogP contribution < -0.4 is 15.0 Å². The van der Waals surface area contributed by atoms with E-state index in [0.717, 1.165) is 17.7 Å². The Balaban J connectivity index is 1.33. The summed E-state index contributed by atoms with van der Waals surface area (Å²) in [7, 11) is -3.47. The number of sulfone groups is 1. The topological polar surface area (TPSA) is 123 Å². The summed E-state index contributed by atoms with van der Waals surface area (Å²) in [6.07, 6.45) is 3.60. The van der Waals surface area contributed by atoms with E-state index < -0.39 is 27.6 Å². The highest BCUT2D eigenvalue weighted by molar-refractivity contribution is 7.91. The number of hydrogen-bond donors (Lipinski definition) is 1. The molecule has 1 aromatic carbocycles. The molecule has 32 heavy (non-hydrogen) atoms. The minimum absolute atomic E-state index is 0.0463. The molecule has 1 saturated carbocycles. The Bertz CT molecular complexity index is 1130. The molecule has 3 amide bonds. The van der Waals surface area contributed by atoms with Crippen molar-refractivity contribution in [2.75, 3.05) is 29.6 Å². The number of carbonyl (C=O) groups is 2. The Morgan fingerprint density at radius 1 is 1.31 bits per heavy atom. The summed E-state index contributed by atoms with van der Waals surface area (Å²) in [4.78, 5) is 24.1. The Morgan fingerprint density at radius 3 is 2.78 bits per heavy atom. The number of amides is 3. The monoisotopic (exact) mass is 465 g/mol. The highest BCUT2D eigenvalue weighted by Gasteiger charge is 2.30. The van der Waals surface area contributed by atoms with Gasteiger partial charge in [-0.15, -0.1) is 5.10 Å². The van der Waals surface area contributed by atoms with Crippen molar-refractivity contribution < 1.29 is 27.1 Å². The van der Waals surface area contributed by atoms with Crippen molar-refractivity contribution in [1.82, 2.24) is 20.3 Å². The average molecular weight is 466 g/mol. The van der Waals surface area contributed by atoms with Gasteiger partial charge in [0.1, 0.15) is 6.54 Å². The average Bonchev–Trinajstić information content (AvgIpc) is 3.33. The Labute approximate surface area is 184 Å². The fourth-order valence-corrected chi connectivity index (χ4v) is 4.96. The van der Waals surface area contributed by atoms with E-state index in [1.54, 1.807) is 19.1 Å². The van der Waals surface area contributed by atoms with Gasteiger partial charge >= 0.3 is 6.03 Å². The maximum Gasteiger partial charge on any atom is 0.330 e. The minimum atomic E-state index is -3.47. The van der Waals surface area contributed by atoms with Gasteiger partial charge in [-0.2, -0.15) is 0 Å². The van der Waals surface area contributed by atoms with Crippen LogP contribution in [0.1, 0.15) is 31.2 Å². The van der Waals surface area contributed by atoms with Crippen LogP contribution in [0.2, 0.25) is 0 Å². The van der Waals surface area contributed by atoms with Gasteiger partial charge in [0.2, 0.25) is 5.91 Å². The van der Waals surface area contributed by atoms with Crippen molar-refractivity contribution >= 4 is 27.6 Å². The predicted octanol–water partition coefficient (Wildman–Crippen LogP) is 1.48. The maximum atomic E-state index is 14.0. The lowest BCUT2D eigenvalue weighted by molar-refractivity contribution is -0.117. The smallest absolute Gasteiger partial charge is 0.330 e. The van der Waals surface area contributed by atoms with Gasteiger partial charge in [0, 0.05) is 0 Å². The first kappa shape index (κ1) is 22.2. The number of hydrogen-bond acceptors (Lipinski definition) is 7. The molecule has 0 spiro atoms. The third kappa shape index (κ3) is 5.42. The zero-order chi connectivity index (χ0) is 22.9. The van der Waals surface area contributed by atoms with E-state index in [0.29, 0.717) is 18.1 Å². The van der Waals surface area contributed by atoms with Gasteiger partial charge in [-0.3, -0.25) is 15.0 Å².